The molecule has 0 unspecified atom stereocenters. The van der Waals surface area contributed by atoms with Crippen LogP contribution >= 0.6 is 11.6 Å². The van der Waals surface area contributed by atoms with Gasteiger partial charge in [0.25, 0.3) is 0 Å². The molecule has 0 N–H and O–H groups in total. The van der Waals surface area contributed by atoms with E-state index in [9.17, 15) is 0 Å². The maximum absolute atomic E-state index is 5.40. The first kappa shape index (κ1) is 8.77. The highest BCUT2D eigenvalue weighted by Gasteiger charge is 1.68. The first-order valence-corrected chi connectivity index (χ1v) is 3.81. The summed E-state index contributed by atoms with van der Waals surface area (Å²) in [6.07, 6.45) is 10.5. The summed E-state index contributed by atoms with van der Waals surface area (Å²) in [6.45, 7) is 2.13. The molecule has 0 radical (unpaired) electrons. The quantitative estimate of drug-likeness (QED) is 0.420. The van der Waals surface area contributed by atoms with Gasteiger partial charge in [0, 0.05) is 5.88 Å². The van der Waals surface area contributed by atoms with Crippen molar-refractivity contribution in [1.82, 2.24) is 0 Å². The molecule has 0 aromatic carbocycles. The van der Waals surface area contributed by atoms with Crippen LogP contribution in [0.1, 0.15) is 19.8 Å². The standard InChI is InChI=1S/C8H13Cl/c1-2-3-4-5-6-7-8-9/h3-4,6-7H,2,5,8H2,1H3/b4-3-,7-6+. The molecule has 0 heterocycles. The molecule has 0 amide bonds. The van der Waals surface area contributed by atoms with Gasteiger partial charge in [-0.15, -0.1) is 11.6 Å². The average Bonchev–Trinajstić information content (AvgIpc) is 1.89. The third-order valence-electron chi connectivity index (χ3n) is 0.930. The van der Waals surface area contributed by atoms with Gasteiger partial charge < -0.3 is 0 Å². The monoisotopic (exact) mass is 144 g/mol. The Kier molecular flexibility index (Phi) is 7.57. The van der Waals surface area contributed by atoms with E-state index in [1.807, 2.05) is 6.08 Å². The SMILES string of the molecule is CC/C=C\C/C=C/CCl. The van der Waals surface area contributed by atoms with Crippen molar-refractivity contribution in [3.8, 4) is 0 Å². The summed E-state index contributed by atoms with van der Waals surface area (Å²) >= 11 is 5.40. The van der Waals surface area contributed by atoms with Crippen molar-refractivity contribution < 1.29 is 0 Å². The van der Waals surface area contributed by atoms with E-state index in [0.717, 1.165) is 12.8 Å². The molecule has 0 nitrogen and oxygen atoms in total. The van der Waals surface area contributed by atoms with E-state index in [-0.39, 0.29) is 0 Å². The van der Waals surface area contributed by atoms with Crippen molar-refractivity contribution in [2.45, 2.75) is 19.8 Å². The smallest absolute Gasteiger partial charge is 0.0404 e. The topological polar surface area (TPSA) is 0 Å². The first-order valence-electron chi connectivity index (χ1n) is 3.27. The number of hydrogen-bond donors (Lipinski definition) is 0. The van der Waals surface area contributed by atoms with E-state index >= 15 is 0 Å². The molecule has 0 aliphatic carbocycles. The molecule has 9 heavy (non-hydrogen) atoms. The highest BCUT2D eigenvalue weighted by atomic mass is 35.5. The summed E-state index contributed by atoms with van der Waals surface area (Å²) < 4.78 is 0. The summed E-state index contributed by atoms with van der Waals surface area (Å²) in [5.74, 6) is 0.625. The van der Waals surface area contributed by atoms with Crippen LogP contribution in [0.25, 0.3) is 0 Å². The van der Waals surface area contributed by atoms with Crippen LogP contribution in [0.5, 0.6) is 0 Å². The molecule has 1 heteroatoms. The van der Waals surface area contributed by atoms with Gasteiger partial charge in [0.05, 0.1) is 0 Å². The summed E-state index contributed by atoms with van der Waals surface area (Å²) in [7, 11) is 0. The second-order valence-corrected chi connectivity index (χ2v) is 2.05. The highest BCUT2D eigenvalue weighted by Crippen LogP contribution is 1.88. The van der Waals surface area contributed by atoms with Gasteiger partial charge in [0.2, 0.25) is 0 Å². The van der Waals surface area contributed by atoms with Crippen LogP contribution in [0.2, 0.25) is 0 Å². The third kappa shape index (κ3) is 7.77. The van der Waals surface area contributed by atoms with E-state index in [1.54, 1.807) is 0 Å². The van der Waals surface area contributed by atoms with Gasteiger partial charge in [0.15, 0.2) is 0 Å². The Labute approximate surface area is 62.2 Å². The molecule has 0 saturated heterocycles. The fourth-order valence-electron chi connectivity index (χ4n) is 0.501. The van der Waals surface area contributed by atoms with Crippen molar-refractivity contribution in [3.05, 3.63) is 24.3 Å². The van der Waals surface area contributed by atoms with Crippen molar-refractivity contribution >= 4 is 11.6 Å². The predicted molar refractivity (Wildman–Crippen MR) is 43.9 cm³/mol. The lowest BCUT2D eigenvalue weighted by molar-refractivity contribution is 1.20. The number of rotatable bonds is 4. The van der Waals surface area contributed by atoms with Crippen LogP contribution < -0.4 is 0 Å². The van der Waals surface area contributed by atoms with Gasteiger partial charge in [0.1, 0.15) is 0 Å². The van der Waals surface area contributed by atoms with Crippen molar-refractivity contribution in [2.75, 3.05) is 5.88 Å². The molecule has 0 aliphatic rings. The van der Waals surface area contributed by atoms with Gasteiger partial charge in [-0.05, 0) is 12.8 Å². The van der Waals surface area contributed by atoms with Crippen molar-refractivity contribution in [1.29, 1.82) is 0 Å². The van der Waals surface area contributed by atoms with Crippen LogP contribution in [-0.4, -0.2) is 5.88 Å². The Hall–Kier alpha value is -0.230. The molecule has 0 aliphatic heterocycles. The van der Waals surface area contributed by atoms with Gasteiger partial charge in [-0.1, -0.05) is 31.2 Å². The Balaban J connectivity index is 3.08. The van der Waals surface area contributed by atoms with Crippen molar-refractivity contribution in [2.24, 2.45) is 0 Å². The Morgan fingerprint density at radius 1 is 1.11 bits per heavy atom. The van der Waals surface area contributed by atoms with E-state index in [0.29, 0.717) is 5.88 Å². The van der Waals surface area contributed by atoms with Gasteiger partial charge in [-0.25, -0.2) is 0 Å². The summed E-state index contributed by atoms with van der Waals surface area (Å²) in [5, 5.41) is 0. The zero-order chi connectivity index (χ0) is 6.95. The van der Waals surface area contributed by atoms with Crippen LogP contribution in [0, 0.1) is 0 Å². The molecular weight excluding hydrogens is 132 g/mol. The summed E-state index contributed by atoms with van der Waals surface area (Å²) in [4.78, 5) is 0. The van der Waals surface area contributed by atoms with Gasteiger partial charge >= 0.3 is 0 Å². The molecular formula is C8H13Cl. The van der Waals surface area contributed by atoms with Crippen LogP contribution in [0.4, 0.5) is 0 Å². The molecule has 0 atom stereocenters. The molecule has 0 aromatic rings. The maximum Gasteiger partial charge on any atom is 0.0404 e. The normalized spacial score (nSPS) is 11.8. The fraction of sp³-hybridized carbons (Fsp3) is 0.500. The van der Waals surface area contributed by atoms with E-state index in [1.165, 1.54) is 0 Å². The summed E-state index contributed by atoms with van der Waals surface area (Å²) in [5.41, 5.74) is 0. The number of alkyl halides is 1. The van der Waals surface area contributed by atoms with E-state index < -0.39 is 0 Å². The molecule has 0 saturated carbocycles. The zero-order valence-electron chi connectivity index (χ0n) is 5.81. The minimum atomic E-state index is 0.625. The number of hydrogen-bond acceptors (Lipinski definition) is 0. The highest BCUT2D eigenvalue weighted by molar-refractivity contribution is 6.18. The van der Waals surface area contributed by atoms with E-state index in [2.05, 4.69) is 25.2 Å². The average molecular weight is 145 g/mol. The Morgan fingerprint density at radius 3 is 2.33 bits per heavy atom. The molecule has 52 valence electrons. The number of halogens is 1. The second kappa shape index (κ2) is 7.77. The molecule has 0 aromatic heterocycles. The molecule has 0 rings (SSSR count). The lowest BCUT2D eigenvalue weighted by Crippen LogP contribution is -1.61. The second-order valence-electron chi connectivity index (χ2n) is 1.74. The first-order chi connectivity index (χ1) is 4.41. The van der Waals surface area contributed by atoms with Crippen LogP contribution in [0.15, 0.2) is 24.3 Å². The zero-order valence-corrected chi connectivity index (χ0v) is 6.56. The van der Waals surface area contributed by atoms with Gasteiger partial charge in [-0.2, -0.15) is 0 Å². The Morgan fingerprint density at radius 2 is 1.78 bits per heavy atom. The summed E-state index contributed by atoms with van der Waals surface area (Å²) in [6, 6.07) is 0. The molecule has 0 bridgehead atoms. The minimum absolute atomic E-state index is 0.625. The minimum Gasteiger partial charge on any atom is -0.122 e. The van der Waals surface area contributed by atoms with E-state index in [4.69, 9.17) is 11.6 Å². The maximum atomic E-state index is 5.40. The lowest BCUT2D eigenvalue weighted by Gasteiger charge is -1.79. The van der Waals surface area contributed by atoms with Crippen LogP contribution in [0.3, 0.4) is 0 Å². The number of allylic oxidation sites excluding steroid dienone is 4. The third-order valence-corrected chi connectivity index (χ3v) is 1.11. The molecule has 0 fully saturated rings. The van der Waals surface area contributed by atoms with Crippen molar-refractivity contribution in [3.63, 3.8) is 0 Å². The Bertz CT molecular complexity index is 80.7. The lowest BCUT2D eigenvalue weighted by atomic mass is 10.3. The molecule has 0 spiro atoms. The predicted octanol–water partition coefficient (Wildman–Crippen LogP) is 3.14. The fourth-order valence-corrected chi connectivity index (χ4v) is 0.627. The largest absolute Gasteiger partial charge is 0.122 e. The van der Waals surface area contributed by atoms with Gasteiger partial charge in [-0.3, -0.25) is 0 Å². The van der Waals surface area contributed by atoms with Crippen LogP contribution in [-0.2, 0) is 0 Å².